The molecule has 1 aliphatic rings. The standard InChI is InChI=1S/C24H16BrClN2O5/c25-16-5-10-21(33-13-14-3-1-2-4-20(14)26)15(11-16)12-19-22(30)27-24(32)28(23(19)31)17-6-8-18(29)9-7-17/h1-12,29H,13H2,(H,27,30,32)/b19-12+. The summed E-state index contributed by atoms with van der Waals surface area (Å²) in [6.45, 7) is 0.176. The van der Waals surface area contributed by atoms with Crippen molar-refractivity contribution >= 4 is 57.1 Å². The number of halogens is 2. The van der Waals surface area contributed by atoms with Gasteiger partial charge in [0.25, 0.3) is 11.8 Å². The maximum atomic E-state index is 13.1. The zero-order valence-corrected chi connectivity index (χ0v) is 19.3. The lowest BCUT2D eigenvalue weighted by molar-refractivity contribution is -0.122. The zero-order chi connectivity index (χ0) is 23.5. The number of amides is 4. The first kappa shape index (κ1) is 22.6. The number of nitrogens with one attached hydrogen (secondary N) is 1. The number of benzene rings is 3. The summed E-state index contributed by atoms with van der Waals surface area (Å²) >= 11 is 9.58. The van der Waals surface area contributed by atoms with Crippen molar-refractivity contribution in [2.75, 3.05) is 4.90 Å². The van der Waals surface area contributed by atoms with Crippen molar-refractivity contribution in [3.05, 3.63) is 92.9 Å². The average molecular weight is 528 g/mol. The molecule has 3 aromatic rings. The Kier molecular flexibility index (Phi) is 6.48. The van der Waals surface area contributed by atoms with E-state index in [1.165, 1.54) is 30.3 Å². The molecule has 166 valence electrons. The molecule has 1 aliphatic heterocycles. The molecule has 0 atom stereocenters. The van der Waals surface area contributed by atoms with E-state index < -0.39 is 17.8 Å². The second-order valence-electron chi connectivity index (χ2n) is 7.04. The van der Waals surface area contributed by atoms with Crippen LogP contribution in [0.15, 0.2) is 76.8 Å². The molecule has 1 heterocycles. The second kappa shape index (κ2) is 9.48. The van der Waals surface area contributed by atoms with Gasteiger partial charge in [-0.15, -0.1) is 0 Å². The molecule has 33 heavy (non-hydrogen) atoms. The third-order valence-corrected chi connectivity index (χ3v) is 5.68. The van der Waals surface area contributed by atoms with Crippen molar-refractivity contribution in [2.45, 2.75) is 6.61 Å². The van der Waals surface area contributed by atoms with Crippen molar-refractivity contribution in [1.29, 1.82) is 0 Å². The van der Waals surface area contributed by atoms with Gasteiger partial charge in [-0.25, -0.2) is 9.69 Å². The van der Waals surface area contributed by atoms with Gasteiger partial charge in [0.1, 0.15) is 23.7 Å². The van der Waals surface area contributed by atoms with Crippen LogP contribution in [0.5, 0.6) is 11.5 Å². The summed E-state index contributed by atoms with van der Waals surface area (Å²) in [5.74, 6) is -1.23. The molecule has 3 aromatic carbocycles. The number of phenols is 1. The molecule has 0 spiro atoms. The third kappa shape index (κ3) is 4.92. The van der Waals surface area contributed by atoms with E-state index >= 15 is 0 Å². The average Bonchev–Trinajstić information content (AvgIpc) is 2.78. The number of hydrogen-bond acceptors (Lipinski definition) is 5. The lowest BCUT2D eigenvalue weighted by atomic mass is 10.1. The first-order valence-corrected chi connectivity index (χ1v) is 10.9. The van der Waals surface area contributed by atoms with Crippen LogP contribution in [0.25, 0.3) is 6.08 Å². The number of ether oxygens (including phenoxy) is 1. The molecule has 0 aromatic heterocycles. The number of barbiturate groups is 1. The van der Waals surface area contributed by atoms with Gasteiger partial charge in [0.2, 0.25) is 0 Å². The zero-order valence-electron chi connectivity index (χ0n) is 16.9. The number of carbonyl (C=O) groups is 3. The van der Waals surface area contributed by atoms with Crippen molar-refractivity contribution in [3.63, 3.8) is 0 Å². The summed E-state index contributed by atoms with van der Waals surface area (Å²) in [6, 6.07) is 17.0. The van der Waals surface area contributed by atoms with Gasteiger partial charge in [0, 0.05) is 20.6 Å². The normalized spacial score (nSPS) is 15.0. The van der Waals surface area contributed by atoms with Gasteiger partial charge in [-0.1, -0.05) is 45.7 Å². The lowest BCUT2D eigenvalue weighted by Gasteiger charge is -2.26. The van der Waals surface area contributed by atoms with Crippen LogP contribution in [0, 0.1) is 0 Å². The molecule has 0 aliphatic carbocycles. The summed E-state index contributed by atoms with van der Waals surface area (Å²) in [5, 5.41) is 12.2. The highest BCUT2D eigenvalue weighted by Gasteiger charge is 2.37. The summed E-state index contributed by atoms with van der Waals surface area (Å²) < 4.78 is 6.62. The van der Waals surface area contributed by atoms with Crippen molar-refractivity contribution in [2.24, 2.45) is 0 Å². The largest absolute Gasteiger partial charge is 0.508 e. The van der Waals surface area contributed by atoms with Crippen LogP contribution in [-0.4, -0.2) is 23.0 Å². The lowest BCUT2D eigenvalue weighted by Crippen LogP contribution is -2.54. The number of nitrogens with zero attached hydrogens (tertiary/aromatic N) is 1. The topological polar surface area (TPSA) is 95.9 Å². The number of imide groups is 2. The van der Waals surface area contributed by atoms with Crippen LogP contribution in [0.2, 0.25) is 5.02 Å². The van der Waals surface area contributed by atoms with Gasteiger partial charge < -0.3 is 9.84 Å². The quantitative estimate of drug-likeness (QED) is 0.357. The van der Waals surface area contributed by atoms with Crippen LogP contribution >= 0.6 is 27.5 Å². The Bertz CT molecular complexity index is 1290. The first-order chi connectivity index (χ1) is 15.8. The number of anilines is 1. The predicted molar refractivity (Wildman–Crippen MR) is 127 cm³/mol. The van der Waals surface area contributed by atoms with Gasteiger partial charge in [-0.3, -0.25) is 14.9 Å². The summed E-state index contributed by atoms with van der Waals surface area (Å²) in [5.41, 5.74) is 1.19. The Morgan fingerprint density at radius 1 is 1.03 bits per heavy atom. The van der Waals surface area contributed by atoms with E-state index in [0.717, 1.165) is 10.5 Å². The molecule has 0 radical (unpaired) electrons. The molecular formula is C24H16BrClN2O5. The number of phenolic OH excluding ortho intramolecular Hbond substituents is 1. The Morgan fingerprint density at radius 2 is 1.76 bits per heavy atom. The summed E-state index contributed by atoms with van der Waals surface area (Å²) in [6.07, 6.45) is 1.37. The molecule has 0 bridgehead atoms. The maximum absolute atomic E-state index is 13.1. The Labute approximate surface area is 202 Å². The maximum Gasteiger partial charge on any atom is 0.335 e. The molecule has 9 heteroatoms. The molecule has 4 amide bonds. The van der Waals surface area contributed by atoms with Crippen LogP contribution in [0.1, 0.15) is 11.1 Å². The monoisotopic (exact) mass is 526 g/mol. The number of urea groups is 1. The third-order valence-electron chi connectivity index (χ3n) is 4.82. The molecule has 4 rings (SSSR count). The van der Waals surface area contributed by atoms with Gasteiger partial charge >= 0.3 is 6.03 Å². The van der Waals surface area contributed by atoms with Crippen LogP contribution in [0.4, 0.5) is 10.5 Å². The SMILES string of the molecule is O=C1NC(=O)N(c2ccc(O)cc2)C(=O)/C1=C/c1cc(Br)ccc1OCc1ccccc1Cl. The Morgan fingerprint density at radius 3 is 2.48 bits per heavy atom. The van der Waals surface area contributed by atoms with E-state index in [1.807, 2.05) is 18.2 Å². The van der Waals surface area contributed by atoms with Crippen LogP contribution < -0.4 is 15.0 Å². The highest BCUT2D eigenvalue weighted by Crippen LogP contribution is 2.29. The molecule has 7 nitrogen and oxygen atoms in total. The molecule has 1 saturated heterocycles. The van der Waals surface area contributed by atoms with Gasteiger partial charge in [0.05, 0.1) is 5.69 Å². The second-order valence-corrected chi connectivity index (χ2v) is 8.36. The highest BCUT2D eigenvalue weighted by molar-refractivity contribution is 9.10. The molecular weight excluding hydrogens is 512 g/mol. The van der Waals surface area contributed by atoms with E-state index in [9.17, 15) is 19.5 Å². The molecule has 2 N–H and O–H groups in total. The van der Waals surface area contributed by atoms with Crippen LogP contribution in [0.3, 0.4) is 0 Å². The van der Waals surface area contributed by atoms with Crippen molar-refractivity contribution in [1.82, 2.24) is 5.32 Å². The fourth-order valence-corrected chi connectivity index (χ4v) is 3.75. The number of hydrogen-bond donors (Lipinski definition) is 2. The van der Waals surface area contributed by atoms with Crippen molar-refractivity contribution in [3.8, 4) is 11.5 Å². The summed E-state index contributed by atoms with van der Waals surface area (Å²) in [7, 11) is 0. The predicted octanol–water partition coefficient (Wildman–Crippen LogP) is 5.05. The highest BCUT2D eigenvalue weighted by atomic mass is 79.9. The van der Waals surface area contributed by atoms with Crippen LogP contribution in [-0.2, 0) is 16.2 Å². The van der Waals surface area contributed by atoms with Crippen molar-refractivity contribution < 1.29 is 24.2 Å². The van der Waals surface area contributed by atoms with Gasteiger partial charge in [-0.2, -0.15) is 0 Å². The van der Waals surface area contributed by atoms with E-state index in [2.05, 4.69) is 21.2 Å². The summed E-state index contributed by atoms with van der Waals surface area (Å²) in [4.78, 5) is 38.8. The Hall–Kier alpha value is -3.62. The fourth-order valence-electron chi connectivity index (χ4n) is 3.18. The number of aromatic hydroxyl groups is 1. The minimum Gasteiger partial charge on any atom is -0.508 e. The number of rotatable bonds is 5. The first-order valence-electron chi connectivity index (χ1n) is 9.70. The van der Waals surface area contributed by atoms with E-state index in [4.69, 9.17) is 16.3 Å². The Balaban J connectivity index is 1.68. The number of carbonyl (C=O) groups excluding carboxylic acids is 3. The van der Waals surface area contributed by atoms with Gasteiger partial charge in [0.15, 0.2) is 0 Å². The van der Waals surface area contributed by atoms with E-state index in [1.54, 1.807) is 24.3 Å². The van der Waals surface area contributed by atoms with Gasteiger partial charge in [-0.05, 0) is 54.6 Å². The molecule has 1 fully saturated rings. The fraction of sp³-hybridized carbons (Fsp3) is 0.0417. The van der Waals surface area contributed by atoms with E-state index in [-0.39, 0.29) is 23.6 Å². The minimum absolute atomic E-state index is 0.0232. The minimum atomic E-state index is -0.878. The molecule has 0 saturated carbocycles. The van der Waals surface area contributed by atoms with E-state index in [0.29, 0.717) is 20.8 Å². The smallest absolute Gasteiger partial charge is 0.335 e. The molecule has 0 unspecified atom stereocenters.